The lowest BCUT2D eigenvalue weighted by Crippen LogP contribution is -2.40. The molecular formula is C20H24N4O. The minimum atomic E-state index is -0.312. The first-order valence-corrected chi connectivity index (χ1v) is 8.52. The van der Waals surface area contributed by atoms with Crippen LogP contribution < -0.4 is 5.32 Å². The highest BCUT2D eigenvalue weighted by Gasteiger charge is 2.21. The summed E-state index contributed by atoms with van der Waals surface area (Å²) >= 11 is 0. The van der Waals surface area contributed by atoms with E-state index in [1.165, 1.54) is 0 Å². The zero-order valence-electron chi connectivity index (χ0n) is 15.4. The molecule has 0 aliphatic carbocycles. The molecule has 2 heterocycles. The van der Waals surface area contributed by atoms with E-state index in [2.05, 4.69) is 24.3 Å². The number of nitrogens with zero attached hydrogens (tertiary/aromatic N) is 3. The van der Waals surface area contributed by atoms with Crippen molar-refractivity contribution in [1.29, 1.82) is 0 Å². The molecule has 3 rings (SSSR count). The molecule has 0 aliphatic rings. The van der Waals surface area contributed by atoms with E-state index in [0.29, 0.717) is 5.56 Å². The Labute approximate surface area is 148 Å². The number of amides is 1. The van der Waals surface area contributed by atoms with Gasteiger partial charge in [-0.25, -0.2) is 9.67 Å². The summed E-state index contributed by atoms with van der Waals surface area (Å²) < 4.78 is 1.86. The fourth-order valence-corrected chi connectivity index (χ4v) is 2.75. The van der Waals surface area contributed by atoms with Gasteiger partial charge in [0.2, 0.25) is 0 Å². The maximum atomic E-state index is 12.9. The van der Waals surface area contributed by atoms with Crippen LogP contribution in [0.3, 0.4) is 0 Å². The van der Waals surface area contributed by atoms with Crippen LogP contribution in [-0.2, 0) is 0 Å². The van der Waals surface area contributed by atoms with Crippen molar-refractivity contribution < 1.29 is 4.79 Å². The fraction of sp³-hybridized carbons (Fsp3) is 0.350. The van der Waals surface area contributed by atoms with Gasteiger partial charge < -0.3 is 5.32 Å². The largest absolute Gasteiger partial charge is 0.347 e. The van der Waals surface area contributed by atoms with Gasteiger partial charge in [0, 0.05) is 17.1 Å². The van der Waals surface area contributed by atoms with Crippen LogP contribution in [0, 0.1) is 0 Å². The Balaban J connectivity index is 2.22. The summed E-state index contributed by atoms with van der Waals surface area (Å²) in [6, 6.07) is 11.9. The molecule has 1 aromatic carbocycles. The maximum Gasteiger partial charge on any atom is 0.252 e. The van der Waals surface area contributed by atoms with Crippen molar-refractivity contribution in [2.75, 3.05) is 0 Å². The Morgan fingerprint density at radius 3 is 2.44 bits per heavy atom. The van der Waals surface area contributed by atoms with Crippen LogP contribution in [0.5, 0.6) is 0 Å². The molecule has 0 bridgehead atoms. The van der Waals surface area contributed by atoms with Crippen LogP contribution >= 0.6 is 0 Å². The third-order valence-electron chi connectivity index (χ3n) is 3.86. The maximum absolute atomic E-state index is 12.9. The second-order valence-corrected chi connectivity index (χ2v) is 7.55. The van der Waals surface area contributed by atoms with Crippen molar-refractivity contribution in [2.24, 2.45) is 0 Å². The zero-order chi connectivity index (χ0) is 18.2. The molecule has 25 heavy (non-hydrogen) atoms. The molecule has 0 fully saturated rings. The van der Waals surface area contributed by atoms with E-state index < -0.39 is 0 Å². The molecular weight excluding hydrogens is 312 g/mol. The van der Waals surface area contributed by atoms with Crippen LogP contribution in [-0.4, -0.2) is 26.2 Å². The van der Waals surface area contributed by atoms with Crippen LogP contribution in [0.1, 0.15) is 51.0 Å². The summed E-state index contributed by atoms with van der Waals surface area (Å²) in [5, 5.41) is 8.26. The summed E-state index contributed by atoms with van der Waals surface area (Å²) in [4.78, 5) is 17.6. The summed E-state index contributed by atoms with van der Waals surface area (Å²) in [6.45, 7) is 10.0. The van der Waals surface area contributed by atoms with Crippen molar-refractivity contribution >= 4 is 16.9 Å². The summed E-state index contributed by atoms with van der Waals surface area (Å²) in [7, 11) is 0. The Morgan fingerprint density at radius 2 is 1.84 bits per heavy atom. The second-order valence-electron chi connectivity index (χ2n) is 7.55. The smallest absolute Gasteiger partial charge is 0.252 e. The number of rotatable bonds is 3. The van der Waals surface area contributed by atoms with E-state index >= 15 is 0 Å². The lowest BCUT2D eigenvalue weighted by Gasteiger charge is -2.21. The average Bonchev–Trinajstić information content (AvgIpc) is 2.97. The minimum absolute atomic E-state index is 0.111. The van der Waals surface area contributed by atoms with Gasteiger partial charge in [0.25, 0.3) is 5.91 Å². The molecule has 0 saturated carbocycles. The SMILES string of the molecule is CC(C)n1ncc2c(C(=O)NC(C)(C)C)cc(-c3ccccc3)nc21. The van der Waals surface area contributed by atoms with Crippen molar-refractivity contribution in [3.05, 3.63) is 48.2 Å². The molecule has 3 aromatic rings. The van der Waals surface area contributed by atoms with Gasteiger partial charge in [-0.05, 0) is 40.7 Å². The molecule has 5 heteroatoms. The Morgan fingerprint density at radius 1 is 1.16 bits per heavy atom. The van der Waals surface area contributed by atoms with Crippen LogP contribution in [0.4, 0.5) is 0 Å². The molecule has 1 N–H and O–H groups in total. The van der Waals surface area contributed by atoms with Crippen molar-refractivity contribution in [2.45, 2.75) is 46.2 Å². The minimum Gasteiger partial charge on any atom is -0.347 e. The average molecular weight is 336 g/mol. The molecule has 0 radical (unpaired) electrons. The third kappa shape index (κ3) is 3.55. The van der Waals surface area contributed by atoms with Gasteiger partial charge in [0.1, 0.15) is 0 Å². The standard InChI is InChI=1S/C20H24N4O/c1-13(2)24-18-16(12-21-24)15(19(25)23-20(3,4)5)11-17(22-18)14-9-7-6-8-10-14/h6-13H,1-5H3,(H,23,25). The molecule has 1 amide bonds. The lowest BCUT2D eigenvalue weighted by atomic mass is 10.0. The first-order chi connectivity index (χ1) is 11.8. The second kappa shape index (κ2) is 6.31. The molecule has 5 nitrogen and oxygen atoms in total. The summed E-state index contributed by atoms with van der Waals surface area (Å²) in [5.74, 6) is -0.111. The van der Waals surface area contributed by atoms with Crippen molar-refractivity contribution in [3.8, 4) is 11.3 Å². The Kier molecular flexibility index (Phi) is 4.33. The number of benzene rings is 1. The monoisotopic (exact) mass is 336 g/mol. The van der Waals surface area contributed by atoms with E-state index in [-0.39, 0.29) is 17.5 Å². The first-order valence-electron chi connectivity index (χ1n) is 8.52. The van der Waals surface area contributed by atoms with Gasteiger partial charge >= 0.3 is 0 Å². The highest BCUT2D eigenvalue weighted by molar-refractivity contribution is 6.06. The summed E-state index contributed by atoms with van der Waals surface area (Å²) in [5.41, 5.74) is 2.77. The number of hydrogen-bond acceptors (Lipinski definition) is 3. The van der Waals surface area contributed by atoms with Gasteiger partial charge in [-0.3, -0.25) is 4.79 Å². The Hall–Kier alpha value is -2.69. The van der Waals surface area contributed by atoms with Gasteiger partial charge in [0.05, 0.1) is 22.8 Å². The highest BCUT2D eigenvalue weighted by Crippen LogP contribution is 2.26. The molecule has 0 saturated heterocycles. The predicted octanol–water partition coefficient (Wildman–Crippen LogP) is 4.21. The number of fused-ring (bicyclic) bond motifs is 1. The molecule has 0 aliphatic heterocycles. The van der Waals surface area contributed by atoms with Gasteiger partial charge in [-0.15, -0.1) is 0 Å². The van der Waals surface area contributed by atoms with Crippen LogP contribution in [0.25, 0.3) is 22.3 Å². The first kappa shape index (κ1) is 17.1. The van der Waals surface area contributed by atoms with Gasteiger partial charge in [-0.1, -0.05) is 30.3 Å². The number of carbonyl (C=O) groups is 1. The normalized spacial score (nSPS) is 11.9. The van der Waals surface area contributed by atoms with Crippen LogP contribution in [0.15, 0.2) is 42.6 Å². The van der Waals surface area contributed by atoms with E-state index in [1.807, 2.05) is 61.9 Å². The van der Waals surface area contributed by atoms with E-state index in [9.17, 15) is 4.79 Å². The van der Waals surface area contributed by atoms with Crippen molar-refractivity contribution in [1.82, 2.24) is 20.1 Å². The molecule has 0 unspecified atom stereocenters. The number of pyridine rings is 1. The third-order valence-corrected chi connectivity index (χ3v) is 3.86. The highest BCUT2D eigenvalue weighted by atomic mass is 16.1. The topological polar surface area (TPSA) is 59.8 Å². The van der Waals surface area contributed by atoms with Crippen LogP contribution in [0.2, 0.25) is 0 Å². The van der Waals surface area contributed by atoms with E-state index in [4.69, 9.17) is 4.98 Å². The quantitative estimate of drug-likeness (QED) is 0.779. The molecule has 130 valence electrons. The predicted molar refractivity (Wildman–Crippen MR) is 101 cm³/mol. The number of aromatic nitrogens is 3. The number of hydrogen-bond donors (Lipinski definition) is 1. The van der Waals surface area contributed by atoms with E-state index in [0.717, 1.165) is 22.3 Å². The summed E-state index contributed by atoms with van der Waals surface area (Å²) in [6.07, 6.45) is 1.73. The zero-order valence-corrected chi connectivity index (χ0v) is 15.4. The number of nitrogens with one attached hydrogen (secondary N) is 1. The van der Waals surface area contributed by atoms with Gasteiger partial charge in [-0.2, -0.15) is 5.10 Å². The molecule has 2 aromatic heterocycles. The van der Waals surface area contributed by atoms with Gasteiger partial charge in [0.15, 0.2) is 5.65 Å². The Bertz CT molecular complexity index is 905. The number of carbonyl (C=O) groups excluding carboxylic acids is 1. The molecule has 0 atom stereocenters. The van der Waals surface area contributed by atoms with Crippen molar-refractivity contribution in [3.63, 3.8) is 0 Å². The fourth-order valence-electron chi connectivity index (χ4n) is 2.75. The van der Waals surface area contributed by atoms with E-state index in [1.54, 1.807) is 6.20 Å². The molecule has 0 spiro atoms. The lowest BCUT2D eigenvalue weighted by molar-refractivity contribution is 0.0921.